The first-order valence-corrected chi connectivity index (χ1v) is 8.19. The molecule has 0 aromatic heterocycles. The van der Waals surface area contributed by atoms with Crippen LogP contribution in [0, 0.1) is 22.7 Å². The van der Waals surface area contributed by atoms with Crippen LogP contribution in [-0.2, 0) is 4.74 Å². The van der Waals surface area contributed by atoms with Crippen molar-refractivity contribution in [1.29, 1.82) is 10.5 Å². The molecule has 6 nitrogen and oxygen atoms in total. The Labute approximate surface area is 153 Å². The van der Waals surface area contributed by atoms with Gasteiger partial charge in [-0.2, -0.15) is 10.5 Å². The minimum atomic E-state index is 0.305. The molecule has 0 aliphatic rings. The van der Waals surface area contributed by atoms with Gasteiger partial charge in [-0.1, -0.05) is 6.07 Å². The van der Waals surface area contributed by atoms with Crippen molar-refractivity contribution in [3.63, 3.8) is 0 Å². The van der Waals surface area contributed by atoms with Crippen molar-refractivity contribution in [1.82, 2.24) is 0 Å². The second kappa shape index (κ2) is 9.93. The molecule has 0 N–H and O–H groups in total. The van der Waals surface area contributed by atoms with E-state index in [0.717, 1.165) is 11.4 Å². The molecule has 2 aromatic rings. The summed E-state index contributed by atoms with van der Waals surface area (Å²) in [6, 6.07) is 16.6. The van der Waals surface area contributed by atoms with Crippen molar-refractivity contribution in [3.8, 4) is 23.6 Å². The van der Waals surface area contributed by atoms with Gasteiger partial charge in [-0.05, 0) is 30.3 Å². The molecule has 0 fully saturated rings. The monoisotopic (exact) mass is 351 g/mol. The molecule has 0 bridgehead atoms. The predicted octanol–water partition coefficient (Wildman–Crippen LogP) is 2.97. The molecule has 0 aliphatic carbocycles. The Balaban J connectivity index is 1.65. The zero-order chi connectivity index (χ0) is 18.8. The lowest BCUT2D eigenvalue weighted by Gasteiger charge is -2.14. The molecule has 2 aromatic carbocycles. The molecular weight excluding hydrogens is 330 g/mol. The number of ether oxygens (including phenoxy) is 3. The Morgan fingerprint density at radius 3 is 2.08 bits per heavy atom. The first-order valence-electron chi connectivity index (χ1n) is 8.19. The van der Waals surface area contributed by atoms with Crippen LogP contribution in [0.25, 0.3) is 0 Å². The van der Waals surface area contributed by atoms with Gasteiger partial charge in [0.1, 0.15) is 36.9 Å². The van der Waals surface area contributed by atoms with Gasteiger partial charge in [0, 0.05) is 25.8 Å². The zero-order valence-electron chi connectivity index (χ0n) is 14.9. The lowest BCUT2D eigenvalue weighted by molar-refractivity contribution is 0.0764. The second-order valence-electron chi connectivity index (χ2n) is 5.63. The van der Waals surface area contributed by atoms with Gasteiger partial charge < -0.3 is 19.1 Å². The normalized spacial score (nSPS) is 9.85. The number of nitriles is 2. The molecule has 0 unspecified atom stereocenters. The molecule has 134 valence electrons. The van der Waals surface area contributed by atoms with Gasteiger partial charge in [-0.25, -0.2) is 0 Å². The van der Waals surface area contributed by atoms with Gasteiger partial charge in [0.2, 0.25) is 0 Å². The summed E-state index contributed by atoms with van der Waals surface area (Å²) >= 11 is 0. The Hall–Kier alpha value is -3.22. The summed E-state index contributed by atoms with van der Waals surface area (Å²) in [7, 11) is 3.96. The first kappa shape index (κ1) is 19.1. The van der Waals surface area contributed by atoms with Crippen LogP contribution >= 0.6 is 0 Å². The number of anilines is 1. The van der Waals surface area contributed by atoms with E-state index in [-0.39, 0.29) is 0 Å². The smallest absolute Gasteiger partial charge is 0.121 e. The van der Waals surface area contributed by atoms with Crippen molar-refractivity contribution >= 4 is 5.69 Å². The third-order valence-corrected chi connectivity index (χ3v) is 3.56. The van der Waals surface area contributed by atoms with Gasteiger partial charge in [0.25, 0.3) is 0 Å². The highest BCUT2D eigenvalue weighted by molar-refractivity contribution is 5.50. The standard InChI is InChI=1S/C20H21N3O3/c1-23(2)18-4-3-5-19(13-18)25-10-8-24-9-11-26-20-7-6-16(14-21)17(12-20)15-22/h3-7,12-13H,8-11H2,1-2H3. The molecule has 26 heavy (non-hydrogen) atoms. The Morgan fingerprint density at radius 1 is 0.808 bits per heavy atom. The van der Waals surface area contributed by atoms with E-state index in [1.165, 1.54) is 0 Å². The number of rotatable bonds is 9. The summed E-state index contributed by atoms with van der Waals surface area (Å²) in [6.07, 6.45) is 0. The summed E-state index contributed by atoms with van der Waals surface area (Å²) in [6.45, 7) is 1.66. The van der Waals surface area contributed by atoms with E-state index in [1.807, 2.05) is 55.4 Å². The van der Waals surface area contributed by atoms with E-state index in [9.17, 15) is 0 Å². The average Bonchev–Trinajstić information content (AvgIpc) is 2.67. The number of nitrogens with zero attached hydrogens (tertiary/aromatic N) is 3. The molecule has 0 atom stereocenters. The SMILES string of the molecule is CN(C)c1cccc(OCCOCCOc2ccc(C#N)c(C#N)c2)c1. The summed E-state index contributed by atoms with van der Waals surface area (Å²) in [5.41, 5.74) is 1.72. The molecule has 0 heterocycles. The van der Waals surface area contributed by atoms with Crippen molar-refractivity contribution in [2.45, 2.75) is 0 Å². The van der Waals surface area contributed by atoms with E-state index in [0.29, 0.717) is 43.3 Å². The maximum Gasteiger partial charge on any atom is 0.121 e. The highest BCUT2D eigenvalue weighted by atomic mass is 16.5. The fourth-order valence-corrected chi connectivity index (χ4v) is 2.19. The lowest BCUT2D eigenvalue weighted by atomic mass is 10.1. The van der Waals surface area contributed by atoms with Crippen molar-refractivity contribution < 1.29 is 14.2 Å². The minimum absolute atomic E-state index is 0.305. The summed E-state index contributed by atoms with van der Waals surface area (Å²) < 4.78 is 16.7. The number of benzene rings is 2. The fourth-order valence-electron chi connectivity index (χ4n) is 2.19. The van der Waals surface area contributed by atoms with Crippen LogP contribution in [0.3, 0.4) is 0 Å². The zero-order valence-corrected chi connectivity index (χ0v) is 14.9. The molecule has 0 aliphatic heterocycles. The Kier molecular flexibility index (Phi) is 7.30. The van der Waals surface area contributed by atoms with Crippen LogP contribution in [0.1, 0.15) is 11.1 Å². The van der Waals surface area contributed by atoms with Crippen LogP contribution < -0.4 is 14.4 Å². The van der Waals surface area contributed by atoms with Crippen LogP contribution in [-0.4, -0.2) is 40.5 Å². The molecule has 0 saturated carbocycles. The number of hydrogen-bond acceptors (Lipinski definition) is 6. The lowest BCUT2D eigenvalue weighted by Crippen LogP contribution is -2.12. The maximum atomic E-state index is 8.99. The van der Waals surface area contributed by atoms with Crippen LogP contribution in [0.4, 0.5) is 5.69 Å². The minimum Gasteiger partial charge on any atom is -0.491 e. The van der Waals surface area contributed by atoms with Crippen molar-refractivity contribution in [2.75, 3.05) is 45.4 Å². The van der Waals surface area contributed by atoms with Crippen LogP contribution in [0.15, 0.2) is 42.5 Å². The quantitative estimate of drug-likeness (QED) is 0.646. The fraction of sp³-hybridized carbons (Fsp3) is 0.300. The van der Waals surface area contributed by atoms with E-state index in [4.69, 9.17) is 24.7 Å². The van der Waals surface area contributed by atoms with Gasteiger partial charge in [-0.15, -0.1) is 0 Å². The topological polar surface area (TPSA) is 78.5 Å². The predicted molar refractivity (Wildman–Crippen MR) is 98.5 cm³/mol. The van der Waals surface area contributed by atoms with E-state index >= 15 is 0 Å². The highest BCUT2D eigenvalue weighted by Gasteiger charge is 2.03. The third-order valence-electron chi connectivity index (χ3n) is 3.56. The van der Waals surface area contributed by atoms with Crippen LogP contribution in [0.2, 0.25) is 0 Å². The Bertz CT molecular complexity index is 807. The molecule has 0 radical (unpaired) electrons. The highest BCUT2D eigenvalue weighted by Crippen LogP contribution is 2.19. The van der Waals surface area contributed by atoms with Gasteiger partial charge in [0.05, 0.1) is 24.3 Å². The van der Waals surface area contributed by atoms with Crippen LogP contribution in [0.5, 0.6) is 11.5 Å². The van der Waals surface area contributed by atoms with E-state index in [1.54, 1.807) is 18.2 Å². The van der Waals surface area contributed by atoms with Gasteiger partial charge in [0.15, 0.2) is 0 Å². The van der Waals surface area contributed by atoms with Crippen molar-refractivity contribution in [2.24, 2.45) is 0 Å². The summed E-state index contributed by atoms with van der Waals surface area (Å²) in [5.74, 6) is 1.35. The number of hydrogen-bond donors (Lipinski definition) is 0. The molecule has 0 spiro atoms. The van der Waals surface area contributed by atoms with Gasteiger partial charge in [-0.3, -0.25) is 0 Å². The maximum absolute atomic E-state index is 8.99. The summed E-state index contributed by atoms with van der Waals surface area (Å²) in [4.78, 5) is 2.02. The van der Waals surface area contributed by atoms with E-state index < -0.39 is 0 Å². The molecular formula is C20H21N3O3. The third kappa shape index (κ3) is 5.70. The second-order valence-corrected chi connectivity index (χ2v) is 5.63. The summed E-state index contributed by atoms with van der Waals surface area (Å²) in [5, 5.41) is 17.9. The molecule has 0 amide bonds. The molecule has 2 rings (SSSR count). The largest absolute Gasteiger partial charge is 0.491 e. The first-order chi connectivity index (χ1) is 12.6. The van der Waals surface area contributed by atoms with Crippen molar-refractivity contribution in [3.05, 3.63) is 53.6 Å². The average molecular weight is 351 g/mol. The Morgan fingerprint density at radius 2 is 1.46 bits per heavy atom. The molecule has 6 heteroatoms. The molecule has 0 saturated heterocycles. The van der Waals surface area contributed by atoms with Gasteiger partial charge >= 0.3 is 0 Å². The van der Waals surface area contributed by atoms with E-state index in [2.05, 4.69) is 0 Å².